The molecule has 0 fully saturated rings. The second-order valence-corrected chi connectivity index (χ2v) is 3.43. The van der Waals surface area contributed by atoms with E-state index < -0.39 is 0 Å². The zero-order valence-electron chi connectivity index (χ0n) is 8.28. The molecule has 0 unspecified atom stereocenters. The standard InChI is InChI=1S/C12H11NO2/c1-7-10(6-13)12(15)9-5-3-2-4-8(9)11(7)14/h2-6,13-15H,1H3. The molecule has 0 radical (unpaired) electrons. The van der Waals surface area contributed by atoms with Crippen molar-refractivity contribution in [1.82, 2.24) is 0 Å². The molecule has 0 bridgehead atoms. The van der Waals surface area contributed by atoms with Crippen molar-refractivity contribution in [2.75, 3.05) is 0 Å². The number of nitrogens with one attached hydrogen (secondary N) is 1. The normalized spacial score (nSPS) is 10.5. The Hall–Kier alpha value is -2.03. The average molecular weight is 201 g/mol. The summed E-state index contributed by atoms with van der Waals surface area (Å²) in [6, 6.07) is 7.04. The van der Waals surface area contributed by atoms with E-state index in [4.69, 9.17) is 5.41 Å². The number of phenolic OH excluding ortho intramolecular Hbond substituents is 2. The summed E-state index contributed by atoms with van der Waals surface area (Å²) < 4.78 is 0. The molecule has 3 nitrogen and oxygen atoms in total. The van der Waals surface area contributed by atoms with Gasteiger partial charge < -0.3 is 15.6 Å². The number of hydrogen-bond acceptors (Lipinski definition) is 3. The Balaban J connectivity index is 3.02. The minimum Gasteiger partial charge on any atom is -0.507 e. The lowest BCUT2D eigenvalue weighted by Gasteiger charge is -2.10. The molecule has 0 saturated carbocycles. The van der Waals surface area contributed by atoms with Crippen LogP contribution in [0.5, 0.6) is 11.5 Å². The quantitative estimate of drug-likeness (QED) is 0.490. The largest absolute Gasteiger partial charge is 0.507 e. The van der Waals surface area contributed by atoms with Crippen LogP contribution in [0.25, 0.3) is 10.8 Å². The van der Waals surface area contributed by atoms with E-state index in [1.165, 1.54) is 0 Å². The fourth-order valence-corrected chi connectivity index (χ4v) is 1.72. The summed E-state index contributed by atoms with van der Waals surface area (Å²) in [5.74, 6) is 0.179. The van der Waals surface area contributed by atoms with Crippen molar-refractivity contribution in [2.45, 2.75) is 6.92 Å². The number of rotatable bonds is 1. The molecule has 3 N–H and O–H groups in total. The highest BCUT2D eigenvalue weighted by atomic mass is 16.3. The molecule has 0 aromatic heterocycles. The highest BCUT2D eigenvalue weighted by Crippen LogP contribution is 2.37. The van der Waals surface area contributed by atoms with E-state index >= 15 is 0 Å². The first kappa shape index (κ1) is 9.52. The van der Waals surface area contributed by atoms with Gasteiger partial charge in [-0.15, -0.1) is 0 Å². The number of hydrogen-bond donors (Lipinski definition) is 3. The summed E-state index contributed by atoms with van der Waals surface area (Å²) in [4.78, 5) is 0. The van der Waals surface area contributed by atoms with Crippen LogP contribution in [0, 0.1) is 12.3 Å². The van der Waals surface area contributed by atoms with E-state index in [2.05, 4.69) is 0 Å². The minimum atomic E-state index is 0.0518. The molecule has 0 heterocycles. The third-order valence-corrected chi connectivity index (χ3v) is 2.60. The van der Waals surface area contributed by atoms with Crippen molar-refractivity contribution < 1.29 is 10.2 Å². The Morgan fingerprint density at radius 3 is 2.13 bits per heavy atom. The van der Waals surface area contributed by atoms with E-state index in [1.807, 2.05) is 0 Å². The van der Waals surface area contributed by atoms with Gasteiger partial charge in [-0.3, -0.25) is 0 Å². The molecule has 0 atom stereocenters. The summed E-state index contributed by atoms with van der Waals surface area (Å²) in [6.45, 7) is 1.68. The number of fused-ring (bicyclic) bond motifs is 1. The average Bonchev–Trinajstić information content (AvgIpc) is 2.27. The smallest absolute Gasteiger partial charge is 0.132 e. The predicted molar refractivity (Wildman–Crippen MR) is 59.9 cm³/mol. The van der Waals surface area contributed by atoms with Gasteiger partial charge in [0.1, 0.15) is 11.5 Å². The van der Waals surface area contributed by atoms with Crippen molar-refractivity contribution in [2.24, 2.45) is 0 Å². The molecule has 0 aliphatic rings. The molecule has 76 valence electrons. The van der Waals surface area contributed by atoms with Crippen LogP contribution in [0.4, 0.5) is 0 Å². The lowest BCUT2D eigenvalue weighted by molar-refractivity contribution is 0.465. The van der Waals surface area contributed by atoms with Crippen LogP contribution in [-0.4, -0.2) is 16.4 Å². The zero-order valence-corrected chi connectivity index (χ0v) is 8.28. The third-order valence-electron chi connectivity index (χ3n) is 2.60. The van der Waals surface area contributed by atoms with E-state index in [9.17, 15) is 10.2 Å². The SMILES string of the molecule is Cc1c(C=N)c(O)c2ccccc2c1O. The van der Waals surface area contributed by atoms with Crippen LogP contribution in [0.2, 0.25) is 0 Å². The molecule has 0 saturated heterocycles. The predicted octanol–water partition coefficient (Wildman–Crippen LogP) is 2.56. The lowest BCUT2D eigenvalue weighted by atomic mass is 9.99. The number of phenols is 2. The van der Waals surface area contributed by atoms with E-state index in [0.29, 0.717) is 21.9 Å². The van der Waals surface area contributed by atoms with Crippen LogP contribution < -0.4 is 0 Å². The van der Waals surface area contributed by atoms with Crippen LogP contribution in [0.1, 0.15) is 11.1 Å². The summed E-state index contributed by atoms with van der Waals surface area (Å²) in [6.07, 6.45) is 1.05. The van der Waals surface area contributed by atoms with E-state index in [1.54, 1.807) is 31.2 Å². The Labute approximate surface area is 87.1 Å². The van der Waals surface area contributed by atoms with E-state index in [0.717, 1.165) is 6.21 Å². The first-order valence-electron chi connectivity index (χ1n) is 4.60. The summed E-state index contributed by atoms with van der Waals surface area (Å²) in [5.41, 5.74) is 0.896. The van der Waals surface area contributed by atoms with Gasteiger partial charge in [-0.05, 0) is 6.92 Å². The second kappa shape index (κ2) is 3.28. The first-order valence-corrected chi connectivity index (χ1v) is 4.60. The van der Waals surface area contributed by atoms with Gasteiger partial charge in [0.25, 0.3) is 0 Å². The molecular weight excluding hydrogens is 190 g/mol. The Morgan fingerprint density at radius 2 is 1.60 bits per heavy atom. The summed E-state index contributed by atoms with van der Waals surface area (Å²) in [7, 11) is 0. The molecule has 2 aromatic rings. The molecule has 0 spiro atoms. The van der Waals surface area contributed by atoms with Gasteiger partial charge in [0.15, 0.2) is 0 Å². The number of benzene rings is 2. The van der Waals surface area contributed by atoms with Crippen molar-refractivity contribution >= 4 is 17.0 Å². The molecule has 0 amide bonds. The zero-order chi connectivity index (χ0) is 11.0. The molecule has 2 rings (SSSR count). The highest BCUT2D eigenvalue weighted by molar-refractivity contribution is 6.01. The van der Waals surface area contributed by atoms with Crippen LogP contribution in [0.15, 0.2) is 24.3 Å². The van der Waals surface area contributed by atoms with Gasteiger partial charge in [-0.2, -0.15) is 0 Å². The maximum absolute atomic E-state index is 9.89. The lowest BCUT2D eigenvalue weighted by Crippen LogP contribution is -1.90. The van der Waals surface area contributed by atoms with Gasteiger partial charge in [0.2, 0.25) is 0 Å². The molecule has 15 heavy (non-hydrogen) atoms. The maximum Gasteiger partial charge on any atom is 0.132 e. The number of aromatic hydroxyl groups is 2. The fourth-order valence-electron chi connectivity index (χ4n) is 1.72. The molecule has 0 aliphatic carbocycles. The third kappa shape index (κ3) is 1.24. The van der Waals surface area contributed by atoms with Gasteiger partial charge in [-0.1, -0.05) is 24.3 Å². The Morgan fingerprint density at radius 1 is 1.07 bits per heavy atom. The van der Waals surface area contributed by atoms with Crippen LogP contribution in [-0.2, 0) is 0 Å². The Bertz CT molecular complexity index is 547. The topological polar surface area (TPSA) is 64.3 Å². The second-order valence-electron chi connectivity index (χ2n) is 3.43. The fraction of sp³-hybridized carbons (Fsp3) is 0.0833. The van der Waals surface area contributed by atoms with Crippen molar-refractivity contribution in [3.05, 3.63) is 35.4 Å². The van der Waals surface area contributed by atoms with Crippen molar-refractivity contribution in [1.29, 1.82) is 5.41 Å². The van der Waals surface area contributed by atoms with Crippen LogP contribution >= 0.6 is 0 Å². The van der Waals surface area contributed by atoms with Gasteiger partial charge in [0.05, 0.1) is 0 Å². The van der Waals surface area contributed by atoms with Crippen molar-refractivity contribution in [3.63, 3.8) is 0 Å². The van der Waals surface area contributed by atoms with Gasteiger partial charge >= 0.3 is 0 Å². The first-order chi connectivity index (χ1) is 7.16. The minimum absolute atomic E-state index is 0.0518. The highest BCUT2D eigenvalue weighted by Gasteiger charge is 2.13. The molecule has 3 heteroatoms. The molecule has 0 aliphatic heterocycles. The van der Waals surface area contributed by atoms with Gasteiger partial charge in [0, 0.05) is 28.1 Å². The summed E-state index contributed by atoms with van der Waals surface area (Å²) >= 11 is 0. The van der Waals surface area contributed by atoms with E-state index in [-0.39, 0.29) is 11.5 Å². The Kier molecular flexibility index (Phi) is 2.08. The van der Waals surface area contributed by atoms with Crippen molar-refractivity contribution in [3.8, 4) is 11.5 Å². The monoisotopic (exact) mass is 201 g/mol. The molecular formula is C12H11NO2. The summed E-state index contributed by atoms with van der Waals surface area (Å²) in [5, 5.41) is 28.2. The van der Waals surface area contributed by atoms with Crippen LogP contribution in [0.3, 0.4) is 0 Å². The maximum atomic E-state index is 9.89. The molecule has 2 aromatic carbocycles. The van der Waals surface area contributed by atoms with Gasteiger partial charge in [-0.25, -0.2) is 0 Å².